The topological polar surface area (TPSA) is 122 Å². The van der Waals surface area contributed by atoms with Crippen molar-refractivity contribution in [3.63, 3.8) is 0 Å². The van der Waals surface area contributed by atoms with Crippen LogP contribution in [0.1, 0.15) is 15.9 Å². The molecule has 0 unspecified atom stereocenters. The Hall–Kier alpha value is -3.76. The Labute approximate surface area is 186 Å². The molecule has 0 spiro atoms. The number of aromatic nitrogens is 2. The lowest BCUT2D eigenvalue weighted by atomic mass is 10.1. The summed E-state index contributed by atoms with van der Waals surface area (Å²) in [6.45, 7) is 3.93. The molecule has 2 amide bonds. The Kier molecular flexibility index (Phi) is 7.53. The molecule has 0 bridgehead atoms. The van der Waals surface area contributed by atoms with E-state index in [4.69, 9.17) is 0 Å². The van der Waals surface area contributed by atoms with Crippen molar-refractivity contribution in [2.45, 2.75) is 18.0 Å². The summed E-state index contributed by atoms with van der Waals surface area (Å²) in [5.74, 6) is -0.561. The number of nitrogens with one attached hydrogen (secondary N) is 3. The minimum absolute atomic E-state index is 0.0643. The first-order valence-corrected chi connectivity index (χ1v) is 11.2. The zero-order valence-electron chi connectivity index (χ0n) is 17.2. The summed E-state index contributed by atoms with van der Waals surface area (Å²) in [6.07, 6.45) is 4.74. The van der Waals surface area contributed by atoms with Gasteiger partial charge in [-0.1, -0.05) is 18.2 Å². The Balaban J connectivity index is 1.56. The largest absolute Gasteiger partial charge is 0.348 e. The monoisotopic (exact) mass is 453 g/mol. The van der Waals surface area contributed by atoms with Crippen LogP contribution in [0.25, 0.3) is 0 Å². The second-order valence-corrected chi connectivity index (χ2v) is 8.57. The van der Waals surface area contributed by atoms with E-state index in [2.05, 4.69) is 27.0 Å². The molecular formula is C22H23N5O4S. The molecule has 3 aromatic rings. The van der Waals surface area contributed by atoms with Crippen LogP contribution >= 0.6 is 0 Å². The van der Waals surface area contributed by atoms with E-state index in [1.807, 2.05) is 6.07 Å². The van der Waals surface area contributed by atoms with E-state index in [0.717, 1.165) is 5.56 Å². The SMILES string of the molecule is C=CCNS(=O)(=O)c1ccc(C(=O)NCc2cccc(NC(=O)Cn3cccn3)c2)cc1. The maximum atomic E-state index is 12.4. The number of amides is 2. The zero-order chi connectivity index (χ0) is 23.0. The number of benzene rings is 2. The van der Waals surface area contributed by atoms with E-state index in [9.17, 15) is 18.0 Å². The van der Waals surface area contributed by atoms with Gasteiger partial charge in [-0.15, -0.1) is 6.58 Å². The van der Waals surface area contributed by atoms with Gasteiger partial charge in [-0.3, -0.25) is 14.3 Å². The molecule has 1 heterocycles. The first-order valence-electron chi connectivity index (χ1n) is 9.72. The summed E-state index contributed by atoms with van der Waals surface area (Å²) in [6, 6.07) is 14.5. The van der Waals surface area contributed by atoms with Crippen LogP contribution in [-0.4, -0.2) is 36.6 Å². The highest BCUT2D eigenvalue weighted by atomic mass is 32.2. The van der Waals surface area contributed by atoms with E-state index in [1.165, 1.54) is 35.0 Å². The van der Waals surface area contributed by atoms with Crippen LogP contribution in [0.4, 0.5) is 5.69 Å². The van der Waals surface area contributed by atoms with Crippen molar-refractivity contribution in [3.05, 3.63) is 90.8 Å². The summed E-state index contributed by atoms with van der Waals surface area (Å²) >= 11 is 0. The number of sulfonamides is 1. The lowest BCUT2D eigenvalue weighted by Crippen LogP contribution is -2.25. The smallest absolute Gasteiger partial charge is 0.251 e. The predicted molar refractivity (Wildman–Crippen MR) is 120 cm³/mol. The Morgan fingerprint density at radius 3 is 2.56 bits per heavy atom. The van der Waals surface area contributed by atoms with Gasteiger partial charge in [0.25, 0.3) is 5.91 Å². The molecule has 0 atom stereocenters. The van der Waals surface area contributed by atoms with E-state index in [1.54, 1.807) is 36.7 Å². The van der Waals surface area contributed by atoms with Crippen LogP contribution < -0.4 is 15.4 Å². The van der Waals surface area contributed by atoms with Gasteiger partial charge in [0.15, 0.2) is 0 Å². The van der Waals surface area contributed by atoms with Crippen molar-refractivity contribution in [1.82, 2.24) is 19.8 Å². The molecule has 9 nitrogen and oxygen atoms in total. The van der Waals surface area contributed by atoms with E-state index >= 15 is 0 Å². The molecule has 166 valence electrons. The second kappa shape index (κ2) is 10.5. The molecule has 2 aromatic carbocycles. The molecule has 3 rings (SSSR count). The predicted octanol–water partition coefficient (Wildman–Crippen LogP) is 1.92. The fraction of sp³-hybridized carbons (Fsp3) is 0.136. The first kappa shape index (κ1) is 22.9. The van der Waals surface area contributed by atoms with Gasteiger partial charge < -0.3 is 10.6 Å². The maximum Gasteiger partial charge on any atom is 0.251 e. The second-order valence-electron chi connectivity index (χ2n) is 6.80. The Morgan fingerprint density at radius 1 is 1.09 bits per heavy atom. The number of carbonyl (C=O) groups excluding carboxylic acids is 2. The lowest BCUT2D eigenvalue weighted by molar-refractivity contribution is -0.116. The van der Waals surface area contributed by atoms with Crippen molar-refractivity contribution < 1.29 is 18.0 Å². The van der Waals surface area contributed by atoms with Crippen molar-refractivity contribution in [1.29, 1.82) is 0 Å². The fourth-order valence-electron chi connectivity index (χ4n) is 2.82. The van der Waals surface area contributed by atoms with E-state index < -0.39 is 10.0 Å². The zero-order valence-corrected chi connectivity index (χ0v) is 18.0. The molecule has 0 saturated heterocycles. The third-order valence-corrected chi connectivity index (χ3v) is 5.81. The average Bonchev–Trinajstić information content (AvgIpc) is 3.29. The molecule has 10 heteroatoms. The summed E-state index contributed by atoms with van der Waals surface area (Å²) in [4.78, 5) is 24.6. The normalized spacial score (nSPS) is 11.0. The summed E-state index contributed by atoms with van der Waals surface area (Å²) in [5.41, 5.74) is 1.73. The lowest BCUT2D eigenvalue weighted by Gasteiger charge is -2.10. The van der Waals surface area contributed by atoms with Crippen molar-refractivity contribution >= 4 is 27.5 Å². The highest BCUT2D eigenvalue weighted by Gasteiger charge is 2.14. The van der Waals surface area contributed by atoms with Gasteiger partial charge in [0.2, 0.25) is 15.9 Å². The average molecular weight is 454 g/mol. The summed E-state index contributed by atoms with van der Waals surface area (Å²) in [5, 5.41) is 9.57. The number of rotatable bonds is 10. The van der Waals surface area contributed by atoms with Crippen LogP contribution in [0.3, 0.4) is 0 Å². The molecule has 0 aliphatic carbocycles. The van der Waals surface area contributed by atoms with Crippen molar-refractivity contribution in [2.75, 3.05) is 11.9 Å². The molecular weight excluding hydrogens is 430 g/mol. The highest BCUT2D eigenvalue weighted by Crippen LogP contribution is 2.13. The van der Waals surface area contributed by atoms with Gasteiger partial charge >= 0.3 is 0 Å². The van der Waals surface area contributed by atoms with Crippen LogP contribution in [0.2, 0.25) is 0 Å². The fourth-order valence-corrected chi connectivity index (χ4v) is 3.82. The van der Waals surface area contributed by atoms with Gasteiger partial charge in [0.1, 0.15) is 6.54 Å². The number of carbonyl (C=O) groups is 2. The molecule has 32 heavy (non-hydrogen) atoms. The van der Waals surface area contributed by atoms with Crippen LogP contribution in [-0.2, 0) is 27.9 Å². The molecule has 0 aliphatic heterocycles. The highest BCUT2D eigenvalue weighted by molar-refractivity contribution is 7.89. The van der Waals surface area contributed by atoms with Gasteiger partial charge in [0, 0.05) is 36.7 Å². The van der Waals surface area contributed by atoms with Crippen LogP contribution in [0.15, 0.2) is 84.5 Å². The number of nitrogens with zero attached hydrogens (tertiary/aromatic N) is 2. The maximum absolute atomic E-state index is 12.4. The van der Waals surface area contributed by atoms with Gasteiger partial charge in [-0.05, 0) is 48.0 Å². The molecule has 3 N–H and O–H groups in total. The standard InChI is InChI=1S/C22H23N5O4S/c1-2-11-25-32(30,31)20-9-7-18(8-10-20)22(29)23-15-17-5-3-6-19(14-17)26-21(28)16-27-13-4-12-24-27/h2-10,12-14,25H,1,11,15-16H2,(H,23,29)(H,26,28). The van der Waals surface area contributed by atoms with Crippen molar-refractivity contribution in [3.8, 4) is 0 Å². The summed E-state index contributed by atoms with van der Waals surface area (Å²) < 4.78 is 28.1. The third kappa shape index (κ3) is 6.37. The molecule has 1 aromatic heterocycles. The molecule has 0 saturated carbocycles. The number of anilines is 1. The number of hydrogen-bond acceptors (Lipinski definition) is 5. The Bertz CT molecular complexity index is 1190. The van der Waals surface area contributed by atoms with Gasteiger partial charge in [0.05, 0.1) is 4.90 Å². The quantitative estimate of drug-likeness (QED) is 0.405. The van der Waals surface area contributed by atoms with Crippen LogP contribution in [0, 0.1) is 0 Å². The molecule has 0 fully saturated rings. The minimum Gasteiger partial charge on any atom is -0.348 e. The van der Waals surface area contributed by atoms with Gasteiger partial charge in [-0.2, -0.15) is 5.10 Å². The molecule has 0 radical (unpaired) electrons. The Morgan fingerprint density at radius 2 is 1.88 bits per heavy atom. The number of hydrogen-bond donors (Lipinski definition) is 3. The van der Waals surface area contributed by atoms with E-state index in [0.29, 0.717) is 11.3 Å². The third-order valence-electron chi connectivity index (χ3n) is 4.37. The first-order chi connectivity index (χ1) is 15.4. The van der Waals surface area contributed by atoms with E-state index in [-0.39, 0.29) is 36.3 Å². The summed E-state index contributed by atoms with van der Waals surface area (Å²) in [7, 11) is -3.64. The molecule has 0 aliphatic rings. The van der Waals surface area contributed by atoms with Crippen LogP contribution in [0.5, 0.6) is 0 Å². The van der Waals surface area contributed by atoms with Gasteiger partial charge in [-0.25, -0.2) is 13.1 Å². The van der Waals surface area contributed by atoms with Crippen molar-refractivity contribution in [2.24, 2.45) is 0 Å². The minimum atomic E-state index is -3.64.